The smallest absolute Gasteiger partial charge is 0.352 e. The van der Waals surface area contributed by atoms with Crippen molar-refractivity contribution in [1.29, 1.82) is 0 Å². The van der Waals surface area contributed by atoms with Gasteiger partial charge in [-0.05, 0) is 29.8 Å². The second-order valence-corrected chi connectivity index (χ2v) is 5.67. The first kappa shape index (κ1) is 14.9. The van der Waals surface area contributed by atoms with Gasteiger partial charge in [-0.3, -0.25) is 0 Å². The van der Waals surface area contributed by atoms with E-state index in [2.05, 4.69) is 31.2 Å². The number of aromatic nitrogens is 2. The molecule has 0 aliphatic heterocycles. The lowest BCUT2D eigenvalue weighted by Crippen LogP contribution is -2.12. The Morgan fingerprint density at radius 1 is 1.14 bits per heavy atom. The van der Waals surface area contributed by atoms with E-state index in [9.17, 15) is 13.2 Å². The maximum absolute atomic E-state index is 12.9. The number of imidazole rings is 1. The molecule has 7 heteroatoms. The molecule has 3 nitrogen and oxygen atoms in total. The minimum atomic E-state index is -4.36. The van der Waals surface area contributed by atoms with Gasteiger partial charge in [0, 0.05) is 11.0 Å². The number of alkyl halides is 3. The van der Waals surface area contributed by atoms with Crippen molar-refractivity contribution < 1.29 is 13.2 Å². The molecule has 1 aromatic heterocycles. The number of anilines is 1. The van der Waals surface area contributed by atoms with Gasteiger partial charge in [-0.1, -0.05) is 34.1 Å². The number of benzene rings is 2. The molecule has 0 amide bonds. The molecule has 0 bridgehead atoms. The van der Waals surface area contributed by atoms with Crippen molar-refractivity contribution in [3.05, 3.63) is 58.1 Å². The van der Waals surface area contributed by atoms with Gasteiger partial charge in [-0.15, -0.1) is 0 Å². The predicted octanol–water partition coefficient (Wildman–Crippen LogP) is 4.96. The molecule has 0 atom stereocenters. The van der Waals surface area contributed by atoms with E-state index in [1.807, 2.05) is 18.2 Å². The third-order valence-corrected chi connectivity index (χ3v) is 3.71. The Bertz CT molecular complexity index is 811. The third-order valence-electron chi connectivity index (χ3n) is 3.21. The van der Waals surface area contributed by atoms with Crippen LogP contribution < -0.4 is 5.32 Å². The summed E-state index contributed by atoms with van der Waals surface area (Å²) in [5, 5.41) is 2.90. The zero-order valence-corrected chi connectivity index (χ0v) is 12.8. The van der Waals surface area contributed by atoms with Gasteiger partial charge in [0.2, 0.25) is 5.95 Å². The summed E-state index contributed by atoms with van der Waals surface area (Å²) in [6.07, 6.45) is -4.36. The first-order valence-electron chi connectivity index (χ1n) is 6.48. The normalized spacial score (nSPS) is 11.8. The van der Waals surface area contributed by atoms with E-state index in [0.29, 0.717) is 5.95 Å². The molecule has 2 aromatic carbocycles. The largest absolute Gasteiger partial charge is 0.416 e. The molecule has 2 N–H and O–H groups in total. The highest BCUT2D eigenvalue weighted by atomic mass is 79.9. The number of rotatable bonds is 3. The lowest BCUT2D eigenvalue weighted by atomic mass is 10.1. The molecule has 0 fully saturated rings. The van der Waals surface area contributed by atoms with Crippen molar-refractivity contribution in [2.45, 2.75) is 12.7 Å². The van der Waals surface area contributed by atoms with Crippen molar-refractivity contribution in [3.8, 4) is 0 Å². The summed E-state index contributed by atoms with van der Waals surface area (Å²) in [6.45, 7) is 0.0384. The topological polar surface area (TPSA) is 40.7 Å². The van der Waals surface area contributed by atoms with Crippen LogP contribution in [-0.4, -0.2) is 9.97 Å². The Morgan fingerprint density at radius 3 is 2.68 bits per heavy atom. The van der Waals surface area contributed by atoms with Crippen LogP contribution in [0.25, 0.3) is 11.0 Å². The van der Waals surface area contributed by atoms with Gasteiger partial charge in [0.25, 0.3) is 0 Å². The summed E-state index contributed by atoms with van der Waals surface area (Å²) < 4.78 is 39.7. The number of nitrogens with zero attached hydrogens (tertiary/aromatic N) is 1. The Labute approximate surface area is 132 Å². The number of hydrogen-bond donors (Lipinski definition) is 2. The minimum Gasteiger partial charge on any atom is -0.352 e. The molecule has 22 heavy (non-hydrogen) atoms. The van der Waals surface area contributed by atoms with E-state index in [1.54, 1.807) is 6.07 Å². The Hall–Kier alpha value is -2.02. The van der Waals surface area contributed by atoms with Gasteiger partial charge in [-0.25, -0.2) is 4.98 Å². The van der Waals surface area contributed by atoms with Crippen LogP contribution in [0, 0.1) is 0 Å². The fourth-order valence-corrected chi connectivity index (χ4v) is 2.56. The number of aromatic amines is 1. The molecule has 0 unspecified atom stereocenters. The van der Waals surface area contributed by atoms with Gasteiger partial charge in [0.05, 0.1) is 16.6 Å². The molecule has 0 aliphatic carbocycles. The first-order valence-corrected chi connectivity index (χ1v) is 7.27. The second-order valence-electron chi connectivity index (χ2n) is 4.76. The fourth-order valence-electron chi connectivity index (χ4n) is 2.20. The van der Waals surface area contributed by atoms with Crippen LogP contribution in [0.5, 0.6) is 0 Å². The van der Waals surface area contributed by atoms with Crippen LogP contribution in [0.4, 0.5) is 19.1 Å². The highest BCUT2D eigenvalue weighted by molar-refractivity contribution is 9.10. The summed E-state index contributed by atoms with van der Waals surface area (Å²) >= 11 is 3.36. The molecule has 0 spiro atoms. The zero-order chi connectivity index (χ0) is 15.7. The van der Waals surface area contributed by atoms with Gasteiger partial charge < -0.3 is 10.3 Å². The summed E-state index contributed by atoms with van der Waals surface area (Å²) in [7, 11) is 0. The molecule has 0 aliphatic rings. The highest BCUT2D eigenvalue weighted by Gasteiger charge is 2.32. The molecular formula is C15H11BrF3N3. The van der Waals surface area contributed by atoms with E-state index in [0.717, 1.165) is 21.6 Å². The van der Waals surface area contributed by atoms with Gasteiger partial charge >= 0.3 is 6.18 Å². The maximum atomic E-state index is 12.9. The monoisotopic (exact) mass is 369 g/mol. The molecule has 3 aromatic rings. The van der Waals surface area contributed by atoms with E-state index < -0.39 is 11.7 Å². The van der Waals surface area contributed by atoms with E-state index in [-0.39, 0.29) is 12.1 Å². The number of nitrogens with one attached hydrogen (secondary N) is 2. The molecule has 3 rings (SSSR count). The number of fused-ring (bicyclic) bond motifs is 1. The molecule has 0 saturated carbocycles. The second kappa shape index (κ2) is 5.64. The molecule has 0 saturated heterocycles. The van der Waals surface area contributed by atoms with Crippen molar-refractivity contribution in [2.24, 2.45) is 0 Å². The van der Waals surface area contributed by atoms with Gasteiger partial charge in [0.1, 0.15) is 0 Å². The quantitative estimate of drug-likeness (QED) is 0.685. The van der Waals surface area contributed by atoms with Crippen LogP contribution in [0.2, 0.25) is 0 Å². The number of halogens is 4. The SMILES string of the molecule is FC(F)(F)c1ccccc1CNc1nc2ccc(Br)cc2[nH]1. The Morgan fingerprint density at radius 2 is 1.91 bits per heavy atom. The molecule has 0 radical (unpaired) electrons. The van der Waals surface area contributed by atoms with Crippen molar-refractivity contribution in [2.75, 3.05) is 5.32 Å². The third kappa shape index (κ3) is 3.09. The van der Waals surface area contributed by atoms with E-state index >= 15 is 0 Å². The van der Waals surface area contributed by atoms with Crippen molar-refractivity contribution in [3.63, 3.8) is 0 Å². The van der Waals surface area contributed by atoms with Crippen LogP contribution in [0.15, 0.2) is 46.9 Å². The Kier molecular flexibility index (Phi) is 3.82. The number of hydrogen-bond acceptors (Lipinski definition) is 2. The number of H-pyrrole nitrogens is 1. The van der Waals surface area contributed by atoms with Crippen molar-refractivity contribution >= 4 is 32.9 Å². The van der Waals surface area contributed by atoms with Crippen LogP contribution in [0.1, 0.15) is 11.1 Å². The lowest BCUT2D eigenvalue weighted by Gasteiger charge is -2.12. The lowest BCUT2D eigenvalue weighted by molar-refractivity contribution is -0.138. The molecular weight excluding hydrogens is 359 g/mol. The predicted molar refractivity (Wildman–Crippen MR) is 82.6 cm³/mol. The maximum Gasteiger partial charge on any atom is 0.416 e. The van der Waals surface area contributed by atoms with Crippen molar-refractivity contribution in [1.82, 2.24) is 9.97 Å². The average Bonchev–Trinajstić information content (AvgIpc) is 2.86. The average molecular weight is 370 g/mol. The summed E-state index contributed by atoms with van der Waals surface area (Å²) in [5.74, 6) is 0.435. The Balaban J connectivity index is 1.82. The van der Waals surface area contributed by atoms with Gasteiger partial charge in [-0.2, -0.15) is 13.2 Å². The standard InChI is InChI=1S/C15H11BrF3N3/c16-10-5-6-12-13(7-10)22-14(21-12)20-8-9-3-1-2-4-11(9)15(17,18)19/h1-7H,8H2,(H2,20,21,22). The van der Waals surface area contributed by atoms with E-state index in [1.165, 1.54) is 12.1 Å². The van der Waals surface area contributed by atoms with Crippen LogP contribution in [-0.2, 0) is 12.7 Å². The fraction of sp³-hybridized carbons (Fsp3) is 0.133. The first-order chi connectivity index (χ1) is 10.4. The summed E-state index contributed by atoms with van der Waals surface area (Å²) in [6, 6.07) is 11.0. The zero-order valence-electron chi connectivity index (χ0n) is 11.2. The summed E-state index contributed by atoms with van der Waals surface area (Å²) in [4.78, 5) is 7.32. The minimum absolute atomic E-state index is 0.0384. The van der Waals surface area contributed by atoms with Gasteiger partial charge in [0.15, 0.2) is 0 Å². The van der Waals surface area contributed by atoms with Crippen LogP contribution >= 0.6 is 15.9 Å². The van der Waals surface area contributed by atoms with Crippen LogP contribution in [0.3, 0.4) is 0 Å². The highest BCUT2D eigenvalue weighted by Crippen LogP contribution is 2.32. The summed E-state index contributed by atoms with van der Waals surface area (Å²) in [5.41, 5.74) is 1.09. The van der Waals surface area contributed by atoms with E-state index in [4.69, 9.17) is 0 Å². The molecule has 114 valence electrons. The molecule has 1 heterocycles.